The predicted octanol–water partition coefficient (Wildman–Crippen LogP) is 2.63. The van der Waals surface area contributed by atoms with Crippen LogP contribution >= 0.6 is 0 Å². The summed E-state index contributed by atoms with van der Waals surface area (Å²) in [4.78, 5) is 4.75. The number of nitrogens with two attached hydrogens (primary N) is 1. The quantitative estimate of drug-likeness (QED) is 0.884. The fourth-order valence-corrected chi connectivity index (χ4v) is 2.94. The highest BCUT2D eigenvalue weighted by Crippen LogP contribution is 2.28. The number of piperidine rings is 1. The van der Waals surface area contributed by atoms with Gasteiger partial charge < -0.3 is 10.6 Å². The smallest absolute Gasteiger partial charge is 0.0361 e. The van der Waals surface area contributed by atoms with Gasteiger partial charge in [0.05, 0.1) is 0 Å². The average Bonchev–Trinajstić information content (AvgIpc) is 2.46. The van der Waals surface area contributed by atoms with Gasteiger partial charge >= 0.3 is 0 Å². The van der Waals surface area contributed by atoms with Crippen LogP contribution in [-0.4, -0.2) is 38.6 Å². The summed E-state index contributed by atoms with van der Waals surface area (Å²) in [6.45, 7) is 3.21. The Labute approximate surface area is 117 Å². The van der Waals surface area contributed by atoms with E-state index in [0.717, 1.165) is 13.0 Å². The Hall–Kier alpha value is -1.06. The molecule has 0 radical (unpaired) electrons. The first-order chi connectivity index (χ1) is 9.22. The summed E-state index contributed by atoms with van der Waals surface area (Å²) in [5.74, 6) is 0. The number of rotatable bonds is 5. The van der Waals surface area contributed by atoms with E-state index in [1.54, 1.807) is 0 Å². The van der Waals surface area contributed by atoms with Crippen molar-refractivity contribution in [3.63, 3.8) is 0 Å². The molecular weight excluding hydrogens is 234 g/mol. The molecule has 0 aromatic heterocycles. The fraction of sp³-hybridized carbons (Fsp3) is 0.625. The van der Waals surface area contributed by atoms with E-state index in [0.29, 0.717) is 6.04 Å². The molecule has 1 unspecified atom stereocenters. The topological polar surface area (TPSA) is 32.5 Å². The zero-order chi connectivity index (χ0) is 13.7. The first-order valence-corrected chi connectivity index (χ1v) is 7.44. The molecule has 1 fully saturated rings. The summed E-state index contributed by atoms with van der Waals surface area (Å²) in [6, 6.07) is 9.46. The van der Waals surface area contributed by atoms with Crippen molar-refractivity contribution in [2.24, 2.45) is 5.73 Å². The molecule has 1 aliphatic heterocycles. The fourth-order valence-electron chi connectivity index (χ4n) is 2.94. The minimum absolute atomic E-state index is 0.501. The molecule has 1 atom stereocenters. The number of hydrogen-bond donors (Lipinski definition) is 1. The van der Waals surface area contributed by atoms with Crippen LogP contribution in [0.2, 0.25) is 0 Å². The summed E-state index contributed by atoms with van der Waals surface area (Å²) >= 11 is 0. The second kappa shape index (κ2) is 6.92. The van der Waals surface area contributed by atoms with Gasteiger partial charge in [-0.2, -0.15) is 0 Å². The molecule has 19 heavy (non-hydrogen) atoms. The van der Waals surface area contributed by atoms with Gasteiger partial charge in [0.1, 0.15) is 0 Å². The maximum absolute atomic E-state index is 5.82. The zero-order valence-electron chi connectivity index (χ0n) is 12.3. The maximum atomic E-state index is 5.82. The Balaban J connectivity index is 2.13. The van der Waals surface area contributed by atoms with Crippen molar-refractivity contribution in [1.82, 2.24) is 4.90 Å². The van der Waals surface area contributed by atoms with Crippen molar-refractivity contribution in [2.45, 2.75) is 31.7 Å². The molecular formula is C16H27N3. The van der Waals surface area contributed by atoms with E-state index in [9.17, 15) is 0 Å². The number of likely N-dealkylation sites (tertiary alicyclic amines) is 1. The van der Waals surface area contributed by atoms with Crippen molar-refractivity contribution in [1.29, 1.82) is 0 Å². The molecule has 2 N–H and O–H groups in total. The Morgan fingerprint density at radius 2 is 1.74 bits per heavy atom. The average molecular weight is 261 g/mol. The Kier molecular flexibility index (Phi) is 5.23. The van der Waals surface area contributed by atoms with Crippen LogP contribution in [0.25, 0.3) is 0 Å². The van der Waals surface area contributed by atoms with Crippen LogP contribution in [0, 0.1) is 0 Å². The Morgan fingerprint density at radius 1 is 1.11 bits per heavy atom. The molecule has 1 heterocycles. The number of benzene rings is 1. The standard InChI is InChI=1S/C16H27N3/c1-18(2)15-8-6-14(7-9-15)16(10-11-17)19-12-4-3-5-13-19/h6-9,16H,3-5,10-13,17H2,1-2H3. The van der Waals surface area contributed by atoms with Gasteiger partial charge in [0, 0.05) is 25.8 Å². The molecule has 106 valence electrons. The van der Waals surface area contributed by atoms with E-state index in [-0.39, 0.29) is 0 Å². The van der Waals surface area contributed by atoms with E-state index < -0.39 is 0 Å². The Morgan fingerprint density at radius 3 is 2.26 bits per heavy atom. The summed E-state index contributed by atoms with van der Waals surface area (Å²) < 4.78 is 0. The van der Waals surface area contributed by atoms with Gasteiger partial charge in [-0.25, -0.2) is 0 Å². The molecule has 0 bridgehead atoms. The molecule has 1 saturated heterocycles. The lowest BCUT2D eigenvalue weighted by Crippen LogP contribution is -2.34. The van der Waals surface area contributed by atoms with Crippen LogP contribution in [0.1, 0.15) is 37.3 Å². The zero-order valence-corrected chi connectivity index (χ0v) is 12.3. The molecule has 0 spiro atoms. The maximum Gasteiger partial charge on any atom is 0.0361 e. The lowest BCUT2D eigenvalue weighted by molar-refractivity contribution is 0.157. The van der Waals surface area contributed by atoms with E-state index in [1.165, 1.54) is 43.6 Å². The molecule has 0 saturated carbocycles. The van der Waals surface area contributed by atoms with Crippen LogP contribution in [0.3, 0.4) is 0 Å². The van der Waals surface area contributed by atoms with Gasteiger partial charge in [-0.3, -0.25) is 4.90 Å². The molecule has 1 aromatic rings. The minimum atomic E-state index is 0.501. The normalized spacial score (nSPS) is 18.3. The largest absolute Gasteiger partial charge is 0.378 e. The van der Waals surface area contributed by atoms with Crippen molar-refractivity contribution in [2.75, 3.05) is 38.6 Å². The van der Waals surface area contributed by atoms with Gasteiger partial charge in [0.15, 0.2) is 0 Å². The van der Waals surface area contributed by atoms with Crippen LogP contribution in [0.15, 0.2) is 24.3 Å². The van der Waals surface area contributed by atoms with E-state index in [4.69, 9.17) is 5.73 Å². The monoisotopic (exact) mass is 261 g/mol. The molecule has 1 aliphatic rings. The van der Waals surface area contributed by atoms with Crippen LogP contribution in [-0.2, 0) is 0 Å². The van der Waals surface area contributed by atoms with Crippen molar-refractivity contribution in [3.8, 4) is 0 Å². The number of hydrogen-bond acceptors (Lipinski definition) is 3. The third-order valence-electron chi connectivity index (χ3n) is 4.07. The third-order valence-corrected chi connectivity index (χ3v) is 4.07. The number of anilines is 1. The molecule has 0 aliphatic carbocycles. The molecule has 2 rings (SSSR count). The van der Waals surface area contributed by atoms with Crippen LogP contribution in [0.4, 0.5) is 5.69 Å². The van der Waals surface area contributed by atoms with Gasteiger partial charge in [-0.1, -0.05) is 18.6 Å². The van der Waals surface area contributed by atoms with E-state index >= 15 is 0 Å². The SMILES string of the molecule is CN(C)c1ccc(C(CCN)N2CCCCC2)cc1. The minimum Gasteiger partial charge on any atom is -0.378 e. The van der Waals surface area contributed by atoms with Crippen LogP contribution in [0.5, 0.6) is 0 Å². The highest BCUT2D eigenvalue weighted by Gasteiger charge is 2.21. The summed E-state index contributed by atoms with van der Waals surface area (Å²) in [5.41, 5.74) is 8.49. The van der Waals surface area contributed by atoms with Gasteiger partial charge in [-0.05, 0) is 56.6 Å². The molecule has 1 aromatic carbocycles. The van der Waals surface area contributed by atoms with Gasteiger partial charge in [0.25, 0.3) is 0 Å². The highest BCUT2D eigenvalue weighted by atomic mass is 15.2. The first kappa shape index (κ1) is 14.4. The second-order valence-corrected chi connectivity index (χ2v) is 5.68. The predicted molar refractivity (Wildman–Crippen MR) is 82.6 cm³/mol. The number of nitrogens with zero attached hydrogens (tertiary/aromatic N) is 2. The first-order valence-electron chi connectivity index (χ1n) is 7.44. The summed E-state index contributed by atoms with van der Waals surface area (Å²) in [6.07, 6.45) is 5.10. The van der Waals surface area contributed by atoms with Gasteiger partial charge in [0.2, 0.25) is 0 Å². The Bertz CT molecular complexity index is 366. The highest BCUT2D eigenvalue weighted by molar-refractivity contribution is 5.46. The molecule has 3 nitrogen and oxygen atoms in total. The van der Waals surface area contributed by atoms with E-state index in [1.807, 2.05) is 0 Å². The van der Waals surface area contributed by atoms with Crippen molar-refractivity contribution >= 4 is 5.69 Å². The van der Waals surface area contributed by atoms with Gasteiger partial charge in [-0.15, -0.1) is 0 Å². The summed E-state index contributed by atoms with van der Waals surface area (Å²) in [5, 5.41) is 0. The lowest BCUT2D eigenvalue weighted by atomic mass is 9.98. The molecule has 0 amide bonds. The molecule has 3 heteroatoms. The lowest BCUT2D eigenvalue weighted by Gasteiger charge is -2.35. The summed E-state index contributed by atoms with van der Waals surface area (Å²) in [7, 11) is 4.16. The van der Waals surface area contributed by atoms with Crippen molar-refractivity contribution < 1.29 is 0 Å². The van der Waals surface area contributed by atoms with Crippen molar-refractivity contribution in [3.05, 3.63) is 29.8 Å². The van der Waals surface area contributed by atoms with Crippen LogP contribution < -0.4 is 10.6 Å². The second-order valence-electron chi connectivity index (χ2n) is 5.68. The van der Waals surface area contributed by atoms with E-state index in [2.05, 4.69) is 48.2 Å². The third kappa shape index (κ3) is 3.71.